The molecule has 1 atom stereocenters. The highest BCUT2D eigenvalue weighted by atomic mass is 16.2. The highest BCUT2D eigenvalue weighted by Gasteiger charge is 2.26. The van der Waals surface area contributed by atoms with Gasteiger partial charge in [0.05, 0.1) is 23.9 Å². The van der Waals surface area contributed by atoms with Gasteiger partial charge in [0.1, 0.15) is 5.52 Å². The maximum absolute atomic E-state index is 13.4. The molecule has 0 bridgehead atoms. The van der Waals surface area contributed by atoms with Gasteiger partial charge < -0.3 is 10.2 Å². The second kappa shape index (κ2) is 8.87. The van der Waals surface area contributed by atoms with E-state index in [1.807, 2.05) is 38.1 Å². The van der Waals surface area contributed by atoms with Crippen LogP contribution in [-0.4, -0.2) is 39.2 Å². The Morgan fingerprint density at radius 2 is 2.09 bits per heavy atom. The lowest BCUT2D eigenvalue weighted by atomic mass is 10.0. The smallest absolute Gasteiger partial charge is 0.330 e. The molecule has 1 aromatic carbocycles. The second-order valence-corrected chi connectivity index (χ2v) is 8.32. The van der Waals surface area contributed by atoms with Gasteiger partial charge in [-0.05, 0) is 44.4 Å². The van der Waals surface area contributed by atoms with Crippen molar-refractivity contribution in [3.8, 4) is 6.07 Å². The lowest BCUT2D eigenvalue weighted by molar-refractivity contribution is -0.119. The molecule has 0 aliphatic carbocycles. The van der Waals surface area contributed by atoms with E-state index in [-0.39, 0.29) is 17.6 Å². The van der Waals surface area contributed by atoms with Crippen LogP contribution in [-0.2, 0) is 17.9 Å². The van der Waals surface area contributed by atoms with E-state index in [1.165, 1.54) is 0 Å². The van der Waals surface area contributed by atoms with Gasteiger partial charge in [-0.2, -0.15) is 5.26 Å². The van der Waals surface area contributed by atoms with Crippen LogP contribution in [0.15, 0.2) is 35.1 Å². The molecule has 166 valence electrons. The molecule has 1 aliphatic heterocycles. The number of anilines is 1. The molecule has 1 fully saturated rings. The topological polar surface area (TPSA) is 96.0 Å². The van der Waals surface area contributed by atoms with Gasteiger partial charge in [-0.3, -0.25) is 13.9 Å². The van der Waals surface area contributed by atoms with Crippen LogP contribution in [0.4, 0.5) is 5.69 Å². The van der Waals surface area contributed by atoms with Crippen LogP contribution < -0.4 is 15.9 Å². The minimum Gasteiger partial charge on any atom is -0.368 e. The summed E-state index contributed by atoms with van der Waals surface area (Å²) in [5.74, 6) is -0.0324. The number of aromatic nitrogens is 3. The van der Waals surface area contributed by atoms with E-state index in [1.54, 1.807) is 22.1 Å². The van der Waals surface area contributed by atoms with E-state index < -0.39 is 0 Å². The number of nitrogens with zero attached hydrogens (tertiary/aromatic N) is 5. The first-order chi connectivity index (χ1) is 15.4. The third-order valence-electron chi connectivity index (χ3n) is 6.02. The number of aryl methyl sites for hydroxylation is 2. The van der Waals surface area contributed by atoms with E-state index >= 15 is 0 Å². The van der Waals surface area contributed by atoms with Crippen LogP contribution in [0.2, 0.25) is 0 Å². The summed E-state index contributed by atoms with van der Waals surface area (Å²) in [6.07, 6.45) is 1.88. The minimum absolute atomic E-state index is 0.0324. The molecular weight excluding hydrogens is 404 g/mol. The Morgan fingerprint density at radius 3 is 2.81 bits per heavy atom. The third-order valence-corrected chi connectivity index (χ3v) is 6.02. The van der Waals surface area contributed by atoms with Gasteiger partial charge >= 0.3 is 5.69 Å². The Morgan fingerprint density at radius 1 is 1.31 bits per heavy atom. The highest BCUT2D eigenvalue weighted by molar-refractivity contribution is 5.87. The number of benzene rings is 1. The first-order valence-corrected chi connectivity index (χ1v) is 11.0. The molecule has 3 aromatic rings. The van der Waals surface area contributed by atoms with Crippen LogP contribution in [0.25, 0.3) is 11.2 Å². The van der Waals surface area contributed by atoms with Crippen molar-refractivity contribution in [2.24, 2.45) is 0 Å². The first-order valence-electron chi connectivity index (χ1n) is 11.0. The standard InChI is InChI=1S/C24H28N6O2/c1-4-29-23-22(30(24(29)32)14-19-9-6-5-8-18(19)13-25)21(12-16(2)26-23)28-11-7-10-20(15-28)27-17(3)31/h5-6,8-9,12,20H,4,7,10-11,14-15H2,1-3H3,(H,27,31)/t20-/m1/s1. The molecule has 3 heterocycles. The highest BCUT2D eigenvalue weighted by Crippen LogP contribution is 2.30. The summed E-state index contributed by atoms with van der Waals surface area (Å²) in [6.45, 7) is 7.74. The Hall–Kier alpha value is -3.60. The molecule has 32 heavy (non-hydrogen) atoms. The summed E-state index contributed by atoms with van der Waals surface area (Å²) >= 11 is 0. The van der Waals surface area contributed by atoms with Crippen molar-refractivity contribution in [3.05, 3.63) is 57.6 Å². The maximum Gasteiger partial charge on any atom is 0.330 e. The van der Waals surface area contributed by atoms with Crippen molar-refractivity contribution >= 4 is 22.8 Å². The van der Waals surface area contributed by atoms with Crippen LogP contribution >= 0.6 is 0 Å². The van der Waals surface area contributed by atoms with Crippen LogP contribution in [0, 0.1) is 18.3 Å². The van der Waals surface area contributed by atoms with Gasteiger partial charge in [0.25, 0.3) is 0 Å². The molecular formula is C24H28N6O2. The van der Waals surface area contributed by atoms with Crippen molar-refractivity contribution in [3.63, 3.8) is 0 Å². The number of carbonyl (C=O) groups excluding carboxylic acids is 1. The molecule has 0 radical (unpaired) electrons. The lowest BCUT2D eigenvalue weighted by Crippen LogP contribution is -2.47. The number of hydrogen-bond donors (Lipinski definition) is 1. The summed E-state index contributed by atoms with van der Waals surface area (Å²) in [7, 11) is 0. The van der Waals surface area contributed by atoms with Crippen molar-refractivity contribution in [1.82, 2.24) is 19.4 Å². The van der Waals surface area contributed by atoms with E-state index in [2.05, 4.69) is 16.3 Å². The number of hydrogen-bond acceptors (Lipinski definition) is 5. The average molecular weight is 433 g/mol. The summed E-state index contributed by atoms with van der Waals surface area (Å²) in [4.78, 5) is 32.0. The fraction of sp³-hybridized carbons (Fsp3) is 0.417. The normalized spacial score (nSPS) is 16.2. The molecule has 8 heteroatoms. The summed E-state index contributed by atoms with van der Waals surface area (Å²) < 4.78 is 3.43. The van der Waals surface area contributed by atoms with Gasteiger partial charge in [-0.25, -0.2) is 9.78 Å². The summed E-state index contributed by atoms with van der Waals surface area (Å²) in [6, 6.07) is 11.7. The number of fused-ring (bicyclic) bond motifs is 1. The molecule has 4 rings (SSSR count). The fourth-order valence-corrected chi connectivity index (χ4v) is 4.62. The maximum atomic E-state index is 13.4. The van der Waals surface area contributed by atoms with Crippen LogP contribution in [0.1, 0.15) is 43.5 Å². The van der Waals surface area contributed by atoms with Gasteiger partial charge in [0.15, 0.2) is 5.65 Å². The van der Waals surface area contributed by atoms with E-state index in [0.29, 0.717) is 30.8 Å². The number of imidazole rings is 1. The molecule has 1 amide bonds. The van der Waals surface area contributed by atoms with Crippen molar-refractivity contribution < 1.29 is 4.79 Å². The Kier molecular flexibility index (Phi) is 5.99. The number of pyridine rings is 1. The predicted octanol–water partition coefficient (Wildman–Crippen LogP) is 2.55. The van der Waals surface area contributed by atoms with Gasteiger partial charge in [-0.15, -0.1) is 0 Å². The van der Waals surface area contributed by atoms with Crippen molar-refractivity contribution in [2.45, 2.75) is 52.7 Å². The molecule has 0 spiro atoms. The van der Waals surface area contributed by atoms with Gasteiger partial charge in [-0.1, -0.05) is 18.2 Å². The van der Waals surface area contributed by atoms with E-state index in [9.17, 15) is 14.9 Å². The van der Waals surface area contributed by atoms with Gasteiger partial charge in [0.2, 0.25) is 5.91 Å². The number of piperidine rings is 1. The SMILES string of the molecule is CCn1c(=O)n(Cc2ccccc2C#N)c2c(N3CCC[C@@H](NC(C)=O)C3)cc(C)nc21. The molecule has 1 aliphatic rings. The number of rotatable bonds is 5. The zero-order chi connectivity index (χ0) is 22.8. The first kappa shape index (κ1) is 21.6. The van der Waals surface area contributed by atoms with Crippen LogP contribution in [0.5, 0.6) is 0 Å². The molecule has 8 nitrogen and oxygen atoms in total. The fourth-order valence-electron chi connectivity index (χ4n) is 4.62. The van der Waals surface area contributed by atoms with Crippen LogP contribution in [0.3, 0.4) is 0 Å². The Bertz CT molecular complexity index is 1270. The molecule has 2 aromatic heterocycles. The zero-order valence-electron chi connectivity index (χ0n) is 18.8. The Balaban J connectivity index is 1.88. The average Bonchev–Trinajstić information content (AvgIpc) is 3.03. The summed E-state index contributed by atoms with van der Waals surface area (Å²) in [5.41, 5.74) is 4.44. The monoisotopic (exact) mass is 432 g/mol. The summed E-state index contributed by atoms with van der Waals surface area (Å²) in [5, 5.41) is 12.6. The molecule has 1 saturated heterocycles. The van der Waals surface area contributed by atoms with E-state index in [4.69, 9.17) is 4.98 Å². The van der Waals surface area contributed by atoms with Gasteiger partial charge in [0, 0.05) is 38.3 Å². The van der Waals surface area contributed by atoms with Crippen molar-refractivity contribution in [2.75, 3.05) is 18.0 Å². The third kappa shape index (κ3) is 3.98. The predicted molar refractivity (Wildman–Crippen MR) is 124 cm³/mol. The molecule has 0 unspecified atom stereocenters. The lowest BCUT2D eigenvalue weighted by Gasteiger charge is -2.35. The number of nitriles is 1. The zero-order valence-corrected chi connectivity index (χ0v) is 18.8. The van der Waals surface area contributed by atoms with Crippen molar-refractivity contribution in [1.29, 1.82) is 5.26 Å². The number of amides is 1. The Labute approximate surface area is 187 Å². The van der Waals surface area contributed by atoms with E-state index in [0.717, 1.165) is 41.8 Å². The molecule has 0 saturated carbocycles. The molecule has 1 N–H and O–H groups in total. The minimum atomic E-state index is -0.134. The largest absolute Gasteiger partial charge is 0.368 e. The quantitative estimate of drug-likeness (QED) is 0.668. The number of carbonyl (C=O) groups is 1. The number of nitrogens with one attached hydrogen (secondary N) is 1. The second-order valence-electron chi connectivity index (χ2n) is 8.32.